The van der Waals surface area contributed by atoms with Gasteiger partial charge in [0.15, 0.2) is 0 Å². The SMILES string of the molecule is CCC(CC)NC(=O)CNCCN(C)C1CC1. The van der Waals surface area contributed by atoms with Gasteiger partial charge in [0, 0.05) is 25.2 Å². The highest BCUT2D eigenvalue weighted by Crippen LogP contribution is 2.24. The predicted molar refractivity (Wildman–Crippen MR) is 71.0 cm³/mol. The molecule has 1 fully saturated rings. The smallest absolute Gasteiger partial charge is 0.234 e. The molecule has 0 aromatic rings. The lowest BCUT2D eigenvalue weighted by Crippen LogP contribution is -2.41. The standard InChI is InChI=1S/C13H27N3O/c1-4-11(5-2)15-13(17)10-14-8-9-16(3)12-6-7-12/h11-12,14H,4-10H2,1-3H3,(H,15,17). The van der Waals surface area contributed by atoms with E-state index in [1.54, 1.807) is 0 Å². The molecular formula is C13H27N3O. The summed E-state index contributed by atoms with van der Waals surface area (Å²) in [5.74, 6) is 0.118. The van der Waals surface area contributed by atoms with Crippen LogP contribution in [0.2, 0.25) is 0 Å². The Hall–Kier alpha value is -0.610. The highest BCUT2D eigenvalue weighted by Gasteiger charge is 2.25. The number of carbonyl (C=O) groups excluding carboxylic acids is 1. The van der Waals surface area contributed by atoms with E-state index >= 15 is 0 Å². The average Bonchev–Trinajstić information content (AvgIpc) is 3.15. The highest BCUT2D eigenvalue weighted by atomic mass is 16.1. The number of hydrogen-bond donors (Lipinski definition) is 2. The van der Waals surface area contributed by atoms with Gasteiger partial charge in [-0.25, -0.2) is 0 Å². The summed E-state index contributed by atoms with van der Waals surface area (Å²) < 4.78 is 0. The van der Waals surface area contributed by atoms with Gasteiger partial charge in [0.25, 0.3) is 0 Å². The minimum atomic E-state index is 0.118. The molecule has 0 spiro atoms. The van der Waals surface area contributed by atoms with E-state index in [0.29, 0.717) is 12.6 Å². The topological polar surface area (TPSA) is 44.4 Å². The molecule has 0 aromatic carbocycles. The maximum Gasteiger partial charge on any atom is 0.234 e. The summed E-state index contributed by atoms with van der Waals surface area (Å²) in [5.41, 5.74) is 0. The summed E-state index contributed by atoms with van der Waals surface area (Å²) in [4.78, 5) is 13.9. The molecule has 0 saturated heterocycles. The molecule has 1 aliphatic carbocycles. The third kappa shape index (κ3) is 6.03. The van der Waals surface area contributed by atoms with E-state index in [2.05, 4.69) is 36.4 Å². The summed E-state index contributed by atoms with van der Waals surface area (Å²) in [7, 11) is 2.16. The van der Waals surface area contributed by atoms with Crippen molar-refractivity contribution in [1.82, 2.24) is 15.5 Å². The lowest BCUT2D eigenvalue weighted by molar-refractivity contribution is -0.121. The molecular weight excluding hydrogens is 214 g/mol. The molecule has 0 atom stereocenters. The third-order valence-corrected chi connectivity index (χ3v) is 3.45. The fourth-order valence-corrected chi connectivity index (χ4v) is 1.93. The van der Waals surface area contributed by atoms with Gasteiger partial charge in [-0.15, -0.1) is 0 Å². The molecule has 0 unspecified atom stereocenters. The van der Waals surface area contributed by atoms with Crippen LogP contribution in [-0.4, -0.2) is 49.6 Å². The second kappa shape index (κ2) is 7.67. The summed E-state index contributed by atoms with van der Waals surface area (Å²) in [6, 6.07) is 1.13. The molecule has 0 aromatic heterocycles. The lowest BCUT2D eigenvalue weighted by atomic mass is 10.2. The molecule has 1 rings (SSSR count). The Morgan fingerprint density at radius 3 is 2.53 bits per heavy atom. The summed E-state index contributed by atoms with van der Waals surface area (Å²) in [5, 5.41) is 6.22. The van der Waals surface area contributed by atoms with Gasteiger partial charge in [-0.1, -0.05) is 13.8 Å². The molecule has 0 heterocycles. The molecule has 4 heteroatoms. The Kier molecular flexibility index (Phi) is 6.52. The van der Waals surface area contributed by atoms with Crippen LogP contribution in [0, 0.1) is 0 Å². The fraction of sp³-hybridized carbons (Fsp3) is 0.923. The number of rotatable bonds is 9. The largest absolute Gasteiger partial charge is 0.352 e. The number of hydrogen-bond acceptors (Lipinski definition) is 3. The molecule has 100 valence electrons. The Morgan fingerprint density at radius 2 is 2.00 bits per heavy atom. The minimum absolute atomic E-state index is 0.118. The molecule has 1 aliphatic rings. The quantitative estimate of drug-likeness (QED) is 0.591. The van der Waals surface area contributed by atoms with Crippen molar-refractivity contribution in [3.8, 4) is 0 Å². The average molecular weight is 241 g/mol. The first-order valence-corrected chi connectivity index (χ1v) is 6.87. The van der Waals surface area contributed by atoms with E-state index < -0.39 is 0 Å². The lowest BCUT2D eigenvalue weighted by Gasteiger charge is -2.17. The zero-order chi connectivity index (χ0) is 12.7. The van der Waals surface area contributed by atoms with Gasteiger partial charge in [0.2, 0.25) is 5.91 Å². The molecule has 17 heavy (non-hydrogen) atoms. The van der Waals surface area contributed by atoms with Crippen LogP contribution in [0.3, 0.4) is 0 Å². The van der Waals surface area contributed by atoms with E-state index in [-0.39, 0.29) is 5.91 Å². The molecule has 1 amide bonds. The normalized spacial score (nSPS) is 15.6. The zero-order valence-electron chi connectivity index (χ0n) is 11.5. The van der Waals surface area contributed by atoms with E-state index in [0.717, 1.165) is 32.0 Å². The minimum Gasteiger partial charge on any atom is -0.352 e. The molecule has 0 bridgehead atoms. The van der Waals surface area contributed by atoms with Crippen molar-refractivity contribution in [3.63, 3.8) is 0 Å². The monoisotopic (exact) mass is 241 g/mol. The van der Waals surface area contributed by atoms with Crippen LogP contribution in [0.25, 0.3) is 0 Å². The van der Waals surface area contributed by atoms with Gasteiger partial charge in [0.1, 0.15) is 0 Å². The zero-order valence-corrected chi connectivity index (χ0v) is 11.5. The summed E-state index contributed by atoms with van der Waals surface area (Å²) in [6.07, 6.45) is 4.69. The van der Waals surface area contributed by atoms with Crippen LogP contribution in [-0.2, 0) is 4.79 Å². The van der Waals surface area contributed by atoms with Crippen LogP contribution in [0.15, 0.2) is 0 Å². The van der Waals surface area contributed by atoms with Crippen LogP contribution in [0.1, 0.15) is 39.5 Å². The van der Waals surface area contributed by atoms with E-state index in [1.165, 1.54) is 12.8 Å². The van der Waals surface area contributed by atoms with Gasteiger partial charge in [-0.3, -0.25) is 4.79 Å². The van der Waals surface area contributed by atoms with Crippen LogP contribution >= 0.6 is 0 Å². The maximum absolute atomic E-state index is 11.6. The maximum atomic E-state index is 11.6. The first-order valence-electron chi connectivity index (χ1n) is 6.87. The van der Waals surface area contributed by atoms with Crippen molar-refractivity contribution < 1.29 is 4.79 Å². The van der Waals surface area contributed by atoms with Crippen LogP contribution in [0.5, 0.6) is 0 Å². The molecule has 0 radical (unpaired) electrons. The highest BCUT2D eigenvalue weighted by molar-refractivity contribution is 5.78. The molecule has 1 saturated carbocycles. The number of carbonyl (C=O) groups is 1. The Labute approximate surface area is 105 Å². The van der Waals surface area contributed by atoms with Crippen LogP contribution < -0.4 is 10.6 Å². The summed E-state index contributed by atoms with van der Waals surface area (Å²) >= 11 is 0. The van der Waals surface area contributed by atoms with E-state index in [4.69, 9.17) is 0 Å². The Balaban J connectivity index is 1.99. The van der Waals surface area contributed by atoms with E-state index in [9.17, 15) is 4.79 Å². The van der Waals surface area contributed by atoms with Crippen molar-refractivity contribution in [2.45, 2.75) is 51.6 Å². The number of nitrogens with zero attached hydrogens (tertiary/aromatic N) is 1. The van der Waals surface area contributed by atoms with Gasteiger partial charge >= 0.3 is 0 Å². The van der Waals surface area contributed by atoms with Crippen molar-refractivity contribution in [3.05, 3.63) is 0 Å². The summed E-state index contributed by atoms with van der Waals surface area (Å²) in [6.45, 7) is 6.57. The van der Waals surface area contributed by atoms with Gasteiger partial charge in [0.05, 0.1) is 6.54 Å². The Bertz CT molecular complexity index is 225. The van der Waals surface area contributed by atoms with Crippen molar-refractivity contribution in [1.29, 1.82) is 0 Å². The second-order valence-electron chi connectivity index (χ2n) is 4.97. The van der Waals surface area contributed by atoms with Gasteiger partial charge in [-0.2, -0.15) is 0 Å². The third-order valence-electron chi connectivity index (χ3n) is 3.45. The van der Waals surface area contributed by atoms with Crippen LogP contribution in [0.4, 0.5) is 0 Å². The number of likely N-dealkylation sites (N-methyl/N-ethyl adjacent to an activating group) is 1. The first kappa shape index (κ1) is 14.5. The van der Waals surface area contributed by atoms with Crippen molar-refractivity contribution in [2.24, 2.45) is 0 Å². The number of nitrogens with one attached hydrogen (secondary N) is 2. The van der Waals surface area contributed by atoms with E-state index in [1.807, 2.05) is 0 Å². The second-order valence-corrected chi connectivity index (χ2v) is 4.97. The molecule has 2 N–H and O–H groups in total. The first-order chi connectivity index (χ1) is 8.17. The van der Waals surface area contributed by atoms with Crippen molar-refractivity contribution >= 4 is 5.91 Å². The fourth-order valence-electron chi connectivity index (χ4n) is 1.93. The van der Waals surface area contributed by atoms with Crippen molar-refractivity contribution in [2.75, 3.05) is 26.7 Å². The predicted octanol–water partition coefficient (Wildman–Crippen LogP) is 0.975. The van der Waals surface area contributed by atoms with Gasteiger partial charge < -0.3 is 15.5 Å². The van der Waals surface area contributed by atoms with Gasteiger partial charge in [-0.05, 0) is 32.7 Å². The Morgan fingerprint density at radius 1 is 1.35 bits per heavy atom. The molecule has 0 aliphatic heterocycles. The number of amides is 1. The molecule has 4 nitrogen and oxygen atoms in total.